The monoisotopic (exact) mass is 332 g/mol. The zero-order valence-electron chi connectivity index (χ0n) is 13.6. The molecule has 4 aromatic heterocycles. The van der Waals surface area contributed by atoms with E-state index in [1.54, 1.807) is 35.5 Å². The van der Waals surface area contributed by atoms with Crippen LogP contribution in [0.15, 0.2) is 55.4 Å². The van der Waals surface area contributed by atoms with E-state index >= 15 is 0 Å². The number of nitrogens with one attached hydrogen (secondary N) is 2. The van der Waals surface area contributed by atoms with Crippen LogP contribution < -0.4 is 5.32 Å². The van der Waals surface area contributed by atoms with Gasteiger partial charge in [0.2, 0.25) is 5.91 Å². The zero-order chi connectivity index (χ0) is 17.2. The molecule has 0 aromatic carbocycles. The Morgan fingerprint density at radius 3 is 2.96 bits per heavy atom. The Morgan fingerprint density at radius 2 is 2.20 bits per heavy atom. The van der Waals surface area contributed by atoms with E-state index in [-0.39, 0.29) is 12.3 Å². The van der Waals surface area contributed by atoms with Gasteiger partial charge in [-0.05, 0) is 23.8 Å². The molecule has 4 rings (SSSR count). The van der Waals surface area contributed by atoms with Crippen molar-refractivity contribution < 1.29 is 4.79 Å². The first kappa shape index (κ1) is 15.1. The van der Waals surface area contributed by atoms with Gasteiger partial charge in [0.05, 0.1) is 24.5 Å². The molecule has 0 aliphatic rings. The van der Waals surface area contributed by atoms with Crippen molar-refractivity contribution in [2.75, 3.05) is 5.32 Å². The molecule has 0 aliphatic heterocycles. The second kappa shape index (κ2) is 6.20. The van der Waals surface area contributed by atoms with Gasteiger partial charge in [-0.1, -0.05) is 0 Å². The first-order chi connectivity index (χ1) is 12.2. The summed E-state index contributed by atoms with van der Waals surface area (Å²) >= 11 is 0. The lowest BCUT2D eigenvalue weighted by Crippen LogP contribution is -2.14. The molecule has 0 atom stereocenters. The van der Waals surface area contributed by atoms with Crippen LogP contribution >= 0.6 is 0 Å². The molecule has 1 amide bonds. The number of aryl methyl sites for hydroxylation is 1. The number of rotatable bonds is 4. The Kier molecular flexibility index (Phi) is 3.74. The Hall–Kier alpha value is -3.48. The van der Waals surface area contributed by atoms with Gasteiger partial charge in [0.15, 0.2) is 0 Å². The largest absolute Gasteiger partial charge is 0.346 e. The molecule has 7 heteroatoms. The predicted molar refractivity (Wildman–Crippen MR) is 94.9 cm³/mol. The maximum Gasteiger partial charge on any atom is 0.228 e. The number of anilines is 1. The van der Waals surface area contributed by atoms with Crippen molar-refractivity contribution in [3.8, 4) is 11.1 Å². The fraction of sp³-hybridized carbons (Fsp3) is 0.111. The number of hydrogen-bond acceptors (Lipinski definition) is 4. The van der Waals surface area contributed by atoms with E-state index in [1.165, 1.54) is 0 Å². The quantitative estimate of drug-likeness (QED) is 0.601. The maximum atomic E-state index is 12.3. The Balaban J connectivity index is 1.60. The number of nitrogens with zero attached hydrogens (tertiary/aromatic N) is 4. The van der Waals surface area contributed by atoms with Crippen molar-refractivity contribution >= 4 is 22.6 Å². The molecule has 4 heterocycles. The molecular formula is C18H16N6O. The smallest absolute Gasteiger partial charge is 0.228 e. The van der Waals surface area contributed by atoms with Gasteiger partial charge in [-0.15, -0.1) is 0 Å². The summed E-state index contributed by atoms with van der Waals surface area (Å²) in [7, 11) is 1.87. The number of carbonyl (C=O) groups is 1. The third-order valence-corrected chi connectivity index (χ3v) is 3.95. The maximum absolute atomic E-state index is 12.3. The summed E-state index contributed by atoms with van der Waals surface area (Å²) in [5.74, 6) is -0.0966. The Morgan fingerprint density at radius 1 is 1.28 bits per heavy atom. The fourth-order valence-corrected chi connectivity index (χ4v) is 2.75. The lowest BCUT2D eigenvalue weighted by molar-refractivity contribution is -0.115. The van der Waals surface area contributed by atoms with Crippen molar-refractivity contribution in [3.05, 3.63) is 60.9 Å². The fourth-order valence-electron chi connectivity index (χ4n) is 2.75. The standard InChI is InChI=1S/C18H16N6O/c1-24-11-14(9-22-24)12-5-16-13(8-21-18(16)20-7-12)6-17(25)23-15-3-2-4-19-10-15/h2-5,7-11H,6H2,1H3,(H,20,21)(H,23,25). The number of carbonyl (C=O) groups excluding carboxylic acids is 1. The highest BCUT2D eigenvalue weighted by Crippen LogP contribution is 2.24. The van der Waals surface area contributed by atoms with E-state index in [4.69, 9.17) is 0 Å². The summed E-state index contributed by atoms with van der Waals surface area (Å²) in [6.07, 6.45) is 10.9. The summed E-state index contributed by atoms with van der Waals surface area (Å²) in [6.45, 7) is 0. The van der Waals surface area contributed by atoms with Crippen LogP contribution in [0.2, 0.25) is 0 Å². The van der Waals surface area contributed by atoms with E-state index in [1.807, 2.05) is 31.6 Å². The van der Waals surface area contributed by atoms with Gasteiger partial charge in [-0.3, -0.25) is 14.5 Å². The van der Waals surface area contributed by atoms with Crippen LogP contribution in [0.25, 0.3) is 22.2 Å². The topological polar surface area (TPSA) is 88.5 Å². The number of amides is 1. The van der Waals surface area contributed by atoms with Gasteiger partial charge in [-0.25, -0.2) is 4.98 Å². The van der Waals surface area contributed by atoms with Crippen molar-refractivity contribution in [3.63, 3.8) is 0 Å². The molecule has 0 unspecified atom stereocenters. The summed E-state index contributed by atoms with van der Waals surface area (Å²) in [4.78, 5) is 23.8. The normalized spacial score (nSPS) is 10.9. The van der Waals surface area contributed by atoms with Gasteiger partial charge in [0, 0.05) is 48.3 Å². The number of hydrogen-bond donors (Lipinski definition) is 2. The lowest BCUT2D eigenvalue weighted by Gasteiger charge is -2.04. The van der Waals surface area contributed by atoms with Gasteiger partial charge < -0.3 is 10.3 Å². The van der Waals surface area contributed by atoms with Crippen molar-refractivity contribution in [2.45, 2.75) is 6.42 Å². The van der Waals surface area contributed by atoms with Crippen molar-refractivity contribution in [1.82, 2.24) is 24.7 Å². The molecule has 7 nitrogen and oxygen atoms in total. The van der Waals surface area contributed by atoms with Crippen molar-refractivity contribution in [2.24, 2.45) is 7.05 Å². The molecule has 0 spiro atoms. The predicted octanol–water partition coefficient (Wildman–Crippen LogP) is 2.54. The van der Waals surface area contributed by atoms with Crippen LogP contribution in [0.4, 0.5) is 5.69 Å². The van der Waals surface area contributed by atoms with E-state index < -0.39 is 0 Å². The molecular weight excluding hydrogens is 316 g/mol. The van der Waals surface area contributed by atoms with Crippen LogP contribution in [0, 0.1) is 0 Å². The second-order valence-electron chi connectivity index (χ2n) is 5.80. The SMILES string of the molecule is Cn1cc(-c2cnc3[nH]cc(CC(=O)Nc4cccnc4)c3c2)cn1. The van der Waals surface area contributed by atoms with Crippen LogP contribution in [-0.4, -0.2) is 30.6 Å². The number of aromatic amines is 1. The molecule has 0 radical (unpaired) electrons. The first-order valence-electron chi connectivity index (χ1n) is 7.84. The molecule has 0 saturated heterocycles. The Labute approximate surface area is 143 Å². The number of aromatic nitrogens is 5. The highest BCUT2D eigenvalue weighted by atomic mass is 16.1. The van der Waals surface area contributed by atoms with Crippen LogP contribution in [0.3, 0.4) is 0 Å². The molecule has 4 aromatic rings. The average molecular weight is 332 g/mol. The number of pyridine rings is 2. The molecule has 124 valence electrons. The Bertz CT molecular complexity index is 1030. The van der Waals surface area contributed by atoms with Gasteiger partial charge >= 0.3 is 0 Å². The van der Waals surface area contributed by atoms with E-state index in [0.717, 1.165) is 27.7 Å². The number of fused-ring (bicyclic) bond motifs is 1. The number of H-pyrrole nitrogens is 1. The summed E-state index contributed by atoms with van der Waals surface area (Å²) in [6, 6.07) is 5.62. The second-order valence-corrected chi connectivity index (χ2v) is 5.80. The van der Waals surface area contributed by atoms with Gasteiger partial charge in [0.1, 0.15) is 5.65 Å². The molecule has 0 saturated carbocycles. The molecule has 0 bridgehead atoms. The molecule has 2 N–H and O–H groups in total. The third kappa shape index (κ3) is 3.12. The van der Waals surface area contributed by atoms with E-state index in [9.17, 15) is 4.79 Å². The van der Waals surface area contributed by atoms with Gasteiger partial charge in [-0.2, -0.15) is 5.10 Å². The first-order valence-corrected chi connectivity index (χ1v) is 7.84. The van der Waals surface area contributed by atoms with Crippen molar-refractivity contribution in [1.29, 1.82) is 0 Å². The van der Waals surface area contributed by atoms with Crippen LogP contribution in [0.1, 0.15) is 5.56 Å². The average Bonchev–Trinajstić information content (AvgIpc) is 3.22. The molecule has 0 fully saturated rings. The summed E-state index contributed by atoms with van der Waals surface area (Å²) in [5.41, 5.74) is 4.30. The van der Waals surface area contributed by atoms with Crippen LogP contribution in [-0.2, 0) is 18.3 Å². The minimum atomic E-state index is -0.0966. The minimum Gasteiger partial charge on any atom is -0.346 e. The minimum absolute atomic E-state index is 0.0966. The summed E-state index contributed by atoms with van der Waals surface area (Å²) in [5, 5.41) is 7.97. The zero-order valence-corrected chi connectivity index (χ0v) is 13.6. The van der Waals surface area contributed by atoms with E-state index in [0.29, 0.717) is 5.69 Å². The summed E-state index contributed by atoms with van der Waals surface area (Å²) < 4.78 is 1.75. The van der Waals surface area contributed by atoms with Gasteiger partial charge in [0.25, 0.3) is 0 Å². The lowest BCUT2D eigenvalue weighted by atomic mass is 10.1. The molecule has 0 aliphatic carbocycles. The van der Waals surface area contributed by atoms with Crippen LogP contribution in [0.5, 0.6) is 0 Å². The highest BCUT2D eigenvalue weighted by Gasteiger charge is 2.12. The molecule has 25 heavy (non-hydrogen) atoms. The third-order valence-electron chi connectivity index (χ3n) is 3.95. The highest BCUT2D eigenvalue weighted by molar-refractivity contribution is 5.95. The van der Waals surface area contributed by atoms with E-state index in [2.05, 4.69) is 25.4 Å².